The van der Waals surface area contributed by atoms with Crippen LogP contribution in [0.5, 0.6) is 5.75 Å². The maximum Gasteiger partial charge on any atom is 0.337 e. The van der Waals surface area contributed by atoms with E-state index >= 15 is 0 Å². The van der Waals surface area contributed by atoms with Gasteiger partial charge in [-0.15, -0.1) is 0 Å². The Balaban J connectivity index is 1.93. The number of aromatic carboxylic acids is 1. The van der Waals surface area contributed by atoms with Gasteiger partial charge in [0.1, 0.15) is 11.6 Å². The number of methoxy groups -OCH3 is 1. The molecule has 0 radical (unpaired) electrons. The van der Waals surface area contributed by atoms with E-state index in [1.165, 1.54) is 6.07 Å². The maximum absolute atomic E-state index is 14.6. The van der Waals surface area contributed by atoms with Crippen LogP contribution < -0.4 is 4.74 Å². The molecule has 1 heterocycles. The van der Waals surface area contributed by atoms with Crippen LogP contribution in [0.2, 0.25) is 0 Å². The van der Waals surface area contributed by atoms with Crippen molar-refractivity contribution in [3.8, 4) is 16.9 Å². The second-order valence-corrected chi connectivity index (χ2v) is 6.03. The summed E-state index contributed by atoms with van der Waals surface area (Å²) in [6, 6.07) is 13.8. The molecule has 5 heteroatoms. The first-order chi connectivity index (χ1) is 12.5. The highest BCUT2D eigenvalue weighted by Gasteiger charge is 2.14. The van der Waals surface area contributed by atoms with E-state index in [0.29, 0.717) is 17.0 Å². The number of halogens is 1. The van der Waals surface area contributed by atoms with Gasteiger partial charge in [-0.25, -0.2) is 9.18 Å². The van der Waals surface area contributed by atoms with Gasteiger partial charge in [0.15, 0.2) is 0 Å². The minimum Gasteiger partial charge on any atom is -0.497 e. The quantitative estimate of drug-likeness (QED) is 0.735. The van der Waals surface area contributed by atoms with E-state index in [0.717, 1.165) is 16.7 Å². The van der Waals surface area contributed by atoms with Gasteiger partial charge in [0, 0.05) is 12.6 Å². The minimum absolute atomic E-state index is 0.0984. The van der Waals surface area contributed by atoms with Crippen molar-refractivity contribution in [3.63, 3.8) is 0 Å². The van der Waals surface area contributed by atoms with Gasteiger partial charge < -0.3 is 9.84 Å². The summed E-state index contributed by atoms with van der Waals surface area (Å²) in [6.07, 6.45) is 1.70. The molecule has 26 heavy (non-hydrogen) atoms. The van der Waals surface area contributed by atoms with Crippen LogP contribution in [0.1, 0.15) is 27.2 Å². The second-order valence-electron chi connectivity index (χ2n) is 6.03. The van der Waals surface area contributed by atoms with Crippen LogP contribution in [0.4, 0.5) is 4.39 Å². The fourth-order valence-electron chi connectivity index (χ4n) is 2.78. The summed E-state index contributed by atoms with van der Waals surface area (Å²) < 4.78 is 19.8. The molecule has 0 saturated carbocycles. The molecule has 0 spiro atoms. The maximum atomic E-state index is 14.6. The van der Waals surface area contributed by atoms with Gasteiger partial charge >= 0.3 is 5.97 Å². The summed E-state index contributed by atoms with van der Waals surface area (Å²) in [5.74, 6) is -0.768. The lowest BCUT2D eigenvalue weighted by Gasteiger charge is -2.10. The minimum atomic E-state index is -1.07. The lowest BCUT2D eigenvalue weighted by Crippen LogP contribution is -2.07. The topological polar surface area (TPSA) is 59.4 Å². The molecular weight excluding hydrogens is 333 g/mol. The van der Waals surface area contributed by atoms with Gasteiger partial charge in [0.2, 0.25) is 0 Å². The molecule has 0 fully saturated rings. The van der Waals surface area contributed by atoms with E-state index in [9.17, 15) is 14.3 Å². The predicted octanol–water partition coefficient (Wildman–Crippen LogP) is 4.49. The van der Waals surface area contributed by atoms with Gasteiger partial charge in [0.05, 0.1) is 18.4 Å². The van der Waals surface area contributed by atoms with E-state index in [4.69, 9.17) is 4.74 Å². The summed E-state index contributed by atoms with van der Waals surface area (Å²) in [7, 11) is 1.58. The van der Waals surface area contributed by atoms with E-state index in [-0.39, 0.29) is 12.0 Å². The van der Waals surface area contributed by atoms with Gasteiger partial charge in [-0.05, 0) is 53.4 Å². The predicted molar refractivity (Wildman–Crippen MR) is 97.1 cm³/mol. The Bertz CT molecular complexity index is 969. The lowest BCUT2D eigenvalue weighted by molar-refractivity contribution is 0.0695. The third-order valence-electron chi connectivity index (χ3n) is 4.15. The molecule has 2 aromatic carbocycles. The summed E-state index contributed by atoms with van der Waals surface area (Å²) in [5.41, 5.74) is 3.16. The summed E-state index contributed by atoms with van der Waals surface area (Å²) in [5, 5.41) is 9.33. The fraction of sp³-hybridized carbons (Fsp3) is 0.143. The molecule has 0 atom stereocenters. The third-order valence-corrected chi connectivity index (χ3v) is 4.15. The highest BCUT2D eigenvalue weighted by molar-refractivity contribution is 5.89. The van der Waals surface area contributed by atoms with Crippen molar-refractivity contribution in [2.45, 2.75) is 13.3 Å². The zero-order chi connectivity index (χ0) is 18.7. The van der Waals surface area contributed by atoms with Crippen LogP contribution in [0.3, 0.4) is 0 Å². The zero-order valence-electron chi connectivity index (χ0n) is 14.5. The molecule has 0 saturated heterocycles. The Morgan fingerprint density at radius 2 is 1.92 bits per heavy atom. The number of carboxylic acid groups (broad SMARTS) is 1. The largest absolute Gasteiger partial charge is 0.497 e. The van der Waals surface area contributed by atoms with Crippen LogP contribution in [-0.4, -0.2) is 23.2 Å². The Labute approximate surface area is 150 Å². The van der Waals surface area contributed by atoms with Crippen LogP contribution >= 0.6 is 0 Å². The molecule has 0 aliphatic carbocycles. The van der Waals surface area contributed by atoms with E-state index in [1.54, 1.807) is 32.4 Å². The Kier molecular flexibility index (Phi) is 4.98. The average molecular weight is 351 g/mol. The van der Waals surface area contributed by atoms with Crippen molar-refractivity contribution in [2.24, 2.45) is 0 Å². The van der Waals surface area contributed by atoms with Gasteiger partial charge in [-0.3, -0.25) is 4.98 Å². The Hall–Kier alpha value is -3.21. The number of nitrogens with zero attached hydrogens (tertiary/aromatic N) is 1. The van der Waals surface area contributed by atoms with E-state index in [1.807, 2.05) is 30.3 Å². The second kappa shape index (κ2) is 7.35. The summed E-state index contributed by atoms with van der Waals surface area (Å²) in [4.78, 5) is 15.6. The van der Waals surface area contributed by atoms with Crippen molar-refractivity contribution in [2.75, 3.05) is 7.11 Å². The number of benzene rings is 2. The van der Waals surface area contributed by atoms with Crippen LogP contribution in [0.25, 0.3) is 11.1 Å². The molecule has 1 N–H and O–H groups in total. The summed E-state index contributed by atoms with van der Waals surface area (Å²) >= 11 is 0. The Morgan fingerprint density at radius 3 is 2.62 bits per heavy atom. The molecule has 0 amide bonds. The van der Waals surface area contributed by atoms with Gasteiger partial charge in [-0.2, -0.15) is 0 Å². The van der Waals surface area contributed by atoms with Crippen molar-refractivity contribution in [1.82, 2.24) is 4.98 Å². The lowest BCUT2D eigenvalue weighted by atomic mass is 9.99. The van der Waals surface area contributed by atoms with Gasteiger partial charge in [0.25, 0.3) is 0 Å². The monoisotopic (exact) mass is 351 g/mol. The molecule has 3 rings (SSSR count). The number of aromatic nitrogens is 1. The smallest absolute Gasteiger partial charge is 0.337 e. The highest BCUT2D eigenvalue weighted by Crippen LogP contribution is 2.26. The Morgan fingerprint density at radius 1 is 1.15 bits per heavy atom. The molecule has 132 valence electrons. The molecule has 0 unspecified atom stereocenters. The fourth-order valence-corrected chi connectivity index (χ4v) is 2.78. The highest BCUT2D eigenvalue weighted by atomic mass is 19.1. The normalized spacial score (nSPS) is 10.6. The van der Waals surface area contributed by atoms with Crippen molar-refractivity contribution in [1.29, 1.82) is 0 Å². The van der Waals surface area contributed by atoms with Gasteiger partial charge in [-0.1, -0.05) is 24.3 Å². The third kappa shape index (κ3) is 3.72. The molecular formula is C21H18FNO3. The molecule has 0 aliphatic heterocycles. The number of rotatable bonds is 5. The van der Waals surface area contributed by atoms with Crippen molar-refractivity contribution in [3.05, 3.63) is 82.9 Å². The van der Waals surface area contributed by atoms with E-state index < -0.39 is 11.8 Å². The average Bonchev–Trinajstić information content (AvgIpc) is 2.64. The first kappa shape index (κ1) is 17.6. The SMILES string of the molecule is COc1cccc(-c2ccc(Cc3ncc(C)cc3C(=O)O)c(F)c2)c1. The number of hydrogen-bond donors (Lipinski definition) is 1. The number of ether oxygens (including phenoxy) is 1. The number of carbonyl (C=O) groups is 1. The molecule has 4 nitrogen and oxygen atoms in total. The van der Waals surface area contributed by atoms with E-state index in [2.05, 4.69) is 4.98 Å². The standard InChI is InChI=1S/C21H18FNO3/c1-13-8-18(21(24)25)20(23-12-13)11-16-7-6-15(10-19(16)22)14-4-3-5-17(9-14)26-2/h3-10,12H,11H2,1-2H3,(H,24,25). The number of carboxylic acids is 1. The van der Waals surface area contributed by atoms with Crippen LogP contribution in [-0.2, 0) is 6.42 Å². The van der Waals surface area contributed by atoms with Crippen molar-refractivity contribution < 1.29 is 19.0 Å². The first-order valence-corrected chi connectivity index (χ1v) is 8.09. The number of pyridine rings is 1. The number of hydrogen-bond acceptors (Lipinski definition) is 3. The zero-order valence-corrected chi connectivity index (χ0v) is 14.5. The number of aryl methyl sites for hydroxylation is 1. The summed E-state index contributed by atoms with van der Waals surface area (Å²) in [6.45, 7) is 1.77. The first-order valence-electron chi connectivity index (χ1n) is 8.09. The molecule has 1 aromatic heterocycles. The molecule has 3 aromatic rings. The van der Waals surface area contributed by atoms with Crippen LogP contribution in [0, 0.1) is 12.7 Å². The molecule has 0 aliphatic rings. The molecule has 0 bridgehead atoms. The van der Waals surface area contributed by atoms with Crippen LogP contribution in [0.15, 0.2) is 54.7 Å². The van der Waals surface area contributed by atoms with Crippen molar-refractivity contribution >= 4 is 5.97 Å².